The van der Waals surface area contributed by atoms with Crippen molar-refractivity contribution in [3.05, 3.63) is 60.2 Å². The summed E-state index contributed by atoms with van der Waals surface area (Å²) >= 11 is 0. The van der Waals surface area contributed by atoms with Gasteiger partial charge in [0.15, 0.2) is 0 Å². The summed E-state index contributed by atoms with van der Waals surface area (Å²) < 4.78 is 27.3. The van der Waals surface area contributed by atoms with Crippen molar-refractivity contribution in [3.8, 4) is 0 Å². The largest absolute Gasteiger partial charge is 0.349 e. The van der Waals surface area contributed by atoms with Crippen molar-refractivity contribution in [3.63, 3.8) is 0 Å². The number of rotatable bonds is 6. The summed E-state index contributed by atoms with van der Waals surface area (Å²) in [7, 11) is -3.72. The van der Waals surface area contributed by atoms with E-state index >= 15 is 0 Å². The van der Waals surface area contributed by atoms with E-state index < -0.39 is 10.0 Å². The quantitative estimate of drug-likeness (QED) is 0.876. The van der Waals surface area contributed by atoms with Crippen molar-refractivity contribution in [1.82, 2.24) is 5.32 Å². The molecule has 1 fully saturated rings. The first-order valence-electron chi connectivity index (χ1n) is 8.01. The molecular weight excluding hydrogens is 324 g/mol. The van der Waals surface area contributed by atoms with Crippen molar-refractivity contribution in [2.75, 3.05) is 10.8 Å². The van der Waals surface area contributed by atoms with E-state index in [-0.39, 0.29) is 16.8 Å². The first-order chi connectivity index (χ1) is 11.5. The maximum absolute atomic E-state index is 13.0. The van der Waals surface area contributed by atoms with Crippen LogP contribution in [-0.2, 0) is 10.0 Å². The molecule has 1 saturated carbocycles. The van der Waals surface area contributed by atoms with Gasteiger partial charge in [0.1, 0.15) is 0 Å². The van der Waals surface area contributed by atoms with Crippen LogP contribution in [0.4, 0.5) is 5.69 Å². The van der Waals surface area contributed by atoms with Crippen molar-refractivity contribution >= 4 is 21.6 Å². The number of sulfonamides is 1. The lowest BCUT2D eigenvalue weighted by atomic mass is 10.2. The van der Waals surface area contributed by atoms with Gasteiger partial charge in [-0.3, -0.25) is 9.10 Å². The number of benzene rings is 2. The number of nitrogens with one attached hydrogen (secondary N) is 1. The molecule has 1 aliphatic rings. The lowest BCUT2D eigenvalue weighted by Gasteiger charge is -2.23. The van der Waals surface area contributed by atoms with E-state index in [1.165, 1.54) is 16.4 Å². The third-order valence-electron chi connectivity index (χ3n) is 3.93. The molecule has 2 aromatic carbocycles. The molecule has 0 aliphatic heterocycles. The highest BCUT2D eigenvalue weighted by atomic mass is 32.2. The Kier molecular flexibility index (Phi) is 4.57. The molecule has 0 aromatic heterocycles. The van der Waals surface area contributed by atoms with Crippen molar-refractivity contribution in [1.29, 1.82) is 0 Å². The predicted molar refractivity (Wildman–Crippen MR) is 93.6 cm³/mol. The minimum absolute atomic E-state index is 0.122. The van der Waals surface area contributed by atoms with Crippen LogP contribution in [0.25, 0.3) is 0 Å². The minimum atomic E-state index is -3.72. The van der Waals surface area contributed by atoms with Gasteiger partial charge in [-0.25, -0.2) is 8.42 Å². The van der Waals surface area contributed by atoms with Crippen LogP contribution in [0, 0.1) is 0 Å². The van der Waals surface area contributed by atoms with Gasteiger partial charge in [-0.2, -0.15) is 0 Å². The summed E-state index contributed by atoms with van der Waals surface area (Å²) in [6.45, 7) is 2.10. The topological polar surface area (TPSA) is 66.5 Å². The monoisotopic (exact) mass is 344 g/mol. The zero-order valence-electron chi connectivity index (χ0n) is 13.5. The SMILES string of the molecule is CCN(c1ccccc1)S(=O)(=O)c1cccc(C(=O)NC2CC2)c1. The van der Waals surface area contributed by atoms with Crippen molar-refractivity contribution in [2.24, 2.45) is 0 Å². The lowest BCUT2D eigenvalue weighted by Crippen LogP contribution is -2.31. The van der Waals surface area contributed by atoms with Crippen LogP contribution >= 0.6 is 0 Å². The molecule has 0 unspecified atom stereocenters. The Hall–Kier alpha value is -2.34. The molecule has 1 amide bonds. The molecule has 0 spiro atoms. The van der Waals surface area contributed by atoms with E-state index in [1.54, 1.807) is 43.3 Å². The normalized spacial score (nSPS) is 14.2. The first kappa shape index (κ1) is 16.5. The highest BCUT2D eigenvalue weighted by molar-refractivity contribution is 7.92. The average molecular weight is 344 g/mol. The number of hydrogen-bond donors (Lipinski definition) is 1. The van der Waals surface area contributed by atoms with E-state index in [1.807, 2.05) is 6.07 Å². The molecule has 2 aromatic rings. The van der Waals surface area contributed by atoms with Crippen LogP contribution in [0.5, 0.6) is 0 Å². The summed E-state index contributed by atoms with van der Waals surface area (Å²) in [5.41, 5.74) is 0.972. The molecule has 126 valence electrons. The standard InChI is InChI=1S/C18H20N2O3S/c1-2-20(16-8-4-3-5-9-16)24(22,23)17-10-6-7-14(13-17)18(21)19-15-11-12-15/h3-10,13,15H,2,11-12H2,1H3,(H,19,21). The fraction of sp³-hybridized carbons (Fsp3) is 0.278. The summed E-state index contributed by atoms with van der Waals surface area (Å²) in [5.74, 6) is -0.225. The Bertz CT molecular complexity index is 830. The lowest BCUT2D eigenvalue weighted by molar-refractivity contribution is 0.0951. The molecule has 0 radical (unpaired) electrons. The summed E-state index contributed by atoms with van der Waals surface area (Å²) in [6, 6.07) is 15.4. The summed E-state index contributed by atoms with van der Waals surface area (Å²) in [4.78, 5) is 12.3. The van der Waals surface area contributed by atoms with E-state index in [0.29, 0.717) is 17.8 Å². The number of carbonyl (C=O) groups is 1. The highest BCUT2D eigenvalue weighted by Gasteiger charge is 2.26. The van der Waals surface area contributed by atoms with Crippen LogP contribution < -0.4 is 9.62 Å². The maximum Gasteiger partial charge on any atom is 0.264 e. The Labute approximate surface area is 142 Å². The van der Waals surface area contributed by atoms with Gasteiger partial charge in [0.05, 0.1) is 10.6 Å². The van der Waals surface area contributed by atoms with E-state index in [0.717, 1.165) is 12.8 Å². The highest BCUT2D eigenvalue weighted by Crippen LogP contribution is 2.24. The predicted octanol–water partition coefficient (Wildman–Crippen LogP) is 2.79. The van der Waals surface area contributed by atoms with Crippen molar-refractivity contribution < 1.29 is 13.2 Å². The van der Waals surface area contributed by atoms with Crippen LogP contribution in [0.3, 0.4) is 0 Å². The molecule has 0 heterocycles. The number of para-hydroxylation sites is 1. The Morgan fingerprint density at radius 3 is 2.46 bits per heavy atom. The average Bonchev–Trinajstić information content (AvgIpc) is 3.40. The summed E-state index contributed by atoms with van der Waals surface area (Å²) in [5, 5.41) is 2.88. The first-order valence-corrected chi connectivity index (χ1v) is 9.45. The minimum Gasteiger partial charge on any atom is -0.349 e. The molecule has 5 nitrogen and oxygen atoms in total. The van der Waals surface area contributed by atoms with Gasteiger partial charge in [0.2, 0.25) is 0 Å². The number of carbonyl (C=O) groups excluding carboxylic acids is 1. The number of nitrogens with zero attached hydrogens (tertiary/aromatic N) is 1. The zero-order valence-corrected chi connectivity index (χ0v) is 14.3. The van der Waals surface area contributed by atoms with Gasteiger partial charge in [0.25, 0.3) is 15.9 Å². The van der Waals surface area contributed by atoms with E-state index in [9.17, 15) is 13.2 Å². The fourth-order valence-electron chi connectivity index (χ4n) is 2.51. The number of amides is 1. The van der Waals surface area contributed by atoms with Crippen LogP contribution in [0.2, 0.25) is 0 Å². The van der Waals surface area contributed by atoms with Crippen LogP contribution in [0.15, 0.2) is 59.5 Å². The van der Waals surface area contributed by atoms with E-state index in [4.69, 9.17) is 0 Å². The second-order valence-corrected chi connectivity index (χ2v) is 7.64. The third kappa shape index (κ3) is 3.43. The van der Waals surface area contributed by atoms with Crippen LogP contribution in [-0.4, -0.2) is 26.9 Å². The molecule has 0 atom stereocenters. The smallest absolute Gasteiger partial charge is 0.264 e. The summed E-state index contributed by atoms with van der Waals surface area (Å²) in [6.07, 6.45) is 1.97. The van der Waals surface area contributed by atoms with Crippen molar-refractivity contribution in [2.45, 2.75) is 30.7 Å². The second kappa shape index (κ2) is 6.65. The van der Waals surface area contributed by atoms with Gasteiger partial charge >= 0.3 is 0 Å². The van der Waals surface area contributed by atoms with Gasteiger partial charge in [-0.05, 0) is 50.1 Å². The van der Waals surface area contributed by atoms with E-state index in [2.05, 4.69) is 5.32 Å². The molecule has 0 saturated heterocycles. The van der Waals surface area contributed by atoms with Gasteiger partial charge in [0, 0.05) is 18.2 Å². The Balaban J connectivity index is 1.92. The number of anilines is 1. The fourth-order valence-corrected chi connectivity index (χ4v) is 4.03. The molecule has 6 heteroatoms. The molecular formula is C18H20N2O3S. The second-order valence-electron chi connectivity index (χ2n) is 5.78. The maximum atomic E-state index is 13.0. The Morgan fingerprint density at radius 2 is 1.83 bits per heavy atom. The third-order valence-corrected chi connectivity index (χ3v) is 5.83. The Morgan fingerprint density at radius 1 is 1.12 bits per heavy atom. The molecule has 0 bridgehead atoms. The van der Waals surface area contributed by atoms with Crippen LogP contribution in [0.1, 0.15) is 30.1 Å². The zero-order chi connectivity index (χ0) is 17.2. The van der Waals surface area contributed by atoms with Gasteiger partial charge < -0.3 is 5.32 Å². The molecule has 3 rings (SSSR count). The molecule has 1 aliphatic carbocycles. The number of hydrogen-bond acceptors (Lipinski definition) is 3. The van der Waals surface area contributed by atoms with Gasteiger partial charge in [-0.1, -0.05) is 24.3 Å². The molecule has 24 heavy (non-hydrogen) atoms. The molecule has 1 N–H and O–H groups in total. The van der Waals surface area contributed by atoms with Gasteiger partial charge in [-0.15, -0.1) is 0 Å².